The topological polar surface area (TPSA) is 21.3 Å². The molecule has 1 saturated heterocycles. The van der Waals surface area contributed by atoms with Crippen molar-refractivity contribution < 1.29 is 9.13 Å². The quantitative estimate of drug-likeness (QED) is 0.873. The van der Waals surface area contributed by atoms with Crippen LogP contribution < -0.4 is 5.32 Å². The number of hydrogen-bond acceptors (Lipinski definition) is 2. The van der Waals surface area contributed by atoms with E-state index in [4.69, 9.17) is 4.74 Å². The minimum absolute atomic E-state index is 0.176. The average Bonchev–Trinajstić information content (AvgIpc) is 2.40. The summed E-state index contributed by atoms with van der Waals surface area (Å²) in [7, 11) is 0. The molecule has 0 spiro atoms. The van der Waals surface area contributed by atoms with Crippen LogP contribution in [0.25, 0.3) is 0 Å². The van der Waals surface area contributed by atoms with E-state index in [9.17, 15) is 4.39 Å². The molecule has 2 rings (SSSR count). The third kappa shape index (κ3) is 4.29. The van der Waals surface area contributed by atoms with Crippen LogP contribution in [0.1, 0.15) is 51.1 Å². The SMILES string of the molecule is CCCC1CC(NC(C)c2ccc(F)cc2)CCO1. The summed E-state index contributed by atoms with van der Waals surface area (Å²) in [5.74, 6) is -0.176. The van der Waals surface area contributed by atoms with Crippen LogP contribution in [0, 0.1) is 5.82 Å². The van der Waals surface area contributed by atoms with Crippen molar-refractivity contribution in [3.63, 3.8) is 0 Å². The number of halogens is 1. The van der Waals surface area contributed by atoms with Gasteiger partial charge in [-0.15, -0.1) is 0 Å². The molecular formula is C16H24FNO. The van der Waals surface area contributed by atoms with Crippen molar-refractivity contribution in [2.45, 2.75) is 57.7 Å². The van der Waals surface area contributed by atoms with Crippen molar-refractivity contribution in [2.24, 2.45) is 0 Å². The highest BCUT2D eigenvalue weighted by molar-refractivity contribution is 5.19. The van der Waals surface area contributed by atoms with Gasteiger partial charge < -0.3 is 10.1 Å². The standard InChI is InChI=1S/C16H24FNO/c1-3-4-16-11-15(9-10-19-16)18-12(2)13-5-7-14(17)8-6-13/h5-8,12,15-16,18H,3-4,9-11H2,1-2H3. The number of nitrogens with one attached hydrogen (secondary N) is 1. The summed E-state index contributed by atoms with van der Waals surface area (Å²) in [4.78, 5) is 0. The lowest BCUT2D eigenvalue weighted by molar-refractivity contribution is -0.00472. The Morgan fingerprint density at radius 2 is 2.11 bits per heavy atom. The second-order valence-corrected chi connectivity index (χ2v) is 5.44. The minimum atomic E-state index is -0.176. The molecule has 19 heavy (non-hydrogen) atoms. The fourth-order valence-electron chi connectivity index (χ4n) is 2.76. The molecule has 1 fully saturated rings. The van der Waals surface area contributed by atoms with Crippen molar-refractivity contribution in [3.05, 3.63) is 35.6 Å². The van der Waals surface area contributed by atoms with Gasteiger partial charge >= 0.3 is 0 Å². The van der Waals surface area contributed by atoms with E-state index in [2.05, 4.69) is 19.2 Å². The predicted octanol–water partition coefficient (Wildman–Crippen LogP) is 3.82. The van der Waals surface area contributed by atoms with Crippen molar-refractivity contribution in [3.8, 4) is 0 Å². The highest BCUT2D eigenvalue weighted by Crippen LogP contribution is 2.21. The van der Waals surface area contributed by atoms with Gasteiger partial charge in [0.15, 0.2) is 0 Å². The first-order valence-electron chi connectivity index (χ1n) is 7.32. The Labute approximate surface area is 115 Å². The van der Waals surface area contributed by atoms with Gasteiger partial charge in [-0.05, 0) is 43.9 Å². The molecule has 0 aromatic heterocycles. The van der Waals surface area contributed by atoms with Crippen molar-refractivity contribution in [1.82, 2.24) is 5.32 Å². The van der Waals surface area contributed by atoms with Crippen LogP contribution in [0.5, 0.6) is 0 Å². The number of rotatable bonds is 5. The second kappa shape index (κ2) is 7.01. The van der Waals surface area contributed by atoms with Crippen LogP contribution in [-0.4, -0.2) is 18.8 Å². The normalized spacial score (nSPS) is 25.2. The third-order valence-electron chi connectivity index (χ3n) is 3.83. The molecule has 3 unspecified atom stereocenters. The van der Waals surface area contributed by atoms with Gasteiger partial charge in [0.05, 0.1) is 6.10 Å². The molecule has 106 valence electrons. The lowest BCUT2D eigenvalue weighted by Gasteiger charge is -2.32. The number of benzene rings is 1. The maximum absolute atomic E-state index is 12.9. The first-order chi connectivity index (χ1) is 9.19. The molecular weight excluding hydrogens is 241 g/mol. The van der Waals surface area contributed by atoms with Gasteiger partial charge in [0, 0.05) is 18.7 Å². The van der Waals surface area contributed by atoms with Gasteiger partial charge in [-0.2, -0.15) is 0 Å². The Balaban J connectivity index is 1.87. The molecule has 0 saturated carbocycles. The van der Waals surface area contributed by atoms with Crippen molar-refractivity contribution in [2.75, 3.05) is 6.61 Å². The van der Waals surface area contributed by atoms with E-state index in [0.717, 1.165) is 31.4 Å². The van der Waals surface area contributed by atoms with Gasteiger partial charge in [0.1, 0.15) is 5.82 Å². The van der Waals surface area contributed by atoms with E-state index >= 15 is 0 Å². The van der Waals surface area contributed by atoms with Gasteiger partial charge in [0.25, 0.3) is 0 Å². The van der Waals surface area contributed by atoms with Crippen LogP contribution in [-0.2, 0) is 4.74 Å². The summed E-state index contributed by atoms with van der Waals surface area (Å²) in [6.45, 7) is 5.18. The van der Waals surface area contributed by atoms with Crippen molar-refractivity contribution >= 4 is 0 Å². The summed E-state index contributed by atoms with van der Waals surface area (Å²) in [5, 5.41) is 3.64. The Morgan fingerprint density at radius 3 is 2.79 bits per heavy atom. The zero-order chi connectivity index (χ0) is 13.7. The molecule has 2 nitrogen and oxygen atoms in total. The summed E-state index contributed by atoms with van der Waals surface area (Å²) in [5.41, 5.74) is 1.14. The molecule has 0 amide bonds. The lowest BCUT2D eigenvalue weighted by atomic mass is 9.98. The van der Waals surface area contributed by atoms with Crippen LogP contribution in [0.2, 0.25) is 0 Å². The summed E-state index contributed by atoms with van der Waals surface area (Å²) < 4.78 is 18.7. The van der Waals surface area contributed by atoms with Crippen LogP contribution in [0.15, 0.2) is 24.3 Å². The fraction of sp³-hybridized carbons (Fsp3) is 0.625. The largest absolute Gasteiger partial charge is 0.378 e. The first-order valence-corrected chi connectivity index (χ1v) is 7.32. The zero-order valence-corrected chi connectivity index (χ0v) is 11.9. The number of ether oxygens (including phenoxy) is 1. The van der Waals surface area contributed by atoms with Gasteiger partial charge in [-0.1, -0.05) is 25.5 Å². The monoisotopic (exact) mass is 265 g/mol. The molecule has 1 aliphatic heterocycles. The van der Waals surface area contributed by atoms with E-state index in [0.29, 0.717) is 12.1 Å². The Kier molecular flexibility index (Phi) is 5.34. The second-order valence-electron chi connectivity index (χ2n) is 5.44. The average molecular weight is 265 g/mol. The summed E-state index contributed by atoms with van der Waals surface area (Å²) >= 11 is 0. The molecule has 0 aliphatic carbocycles. The molecule has 1 N–H and O–H groups in total. The van der Waals surface area contributed by atoms with Gasteiger partial charge in [-0.25, -0.2) is 4.39 Å². The predicted molar refractivity (Wildman–Crippen MR) is 75.6 cm³/mol. The fourth-order valence-corrected chi connectivity index (χ4v) is 2.76. The molecule has 3 heteroatoms. The number of hydrogen-bond donors (Lipinski definition) is 1. The van der Waals surface area contributed by atoms with E-state index in [1.165, 1.54) is 18.6 Å². The van der Waals surface area contributed by atoms with E-state index in [1.807, 2.05) is 12.1 Å². The Bertz CT molecular complexity index is 377. The maximum Gasteiger partial charge on any atom is 0.123 e. The van der Waals surface area contributed by atoms with Crippen LogP contribution >= 0.6 is 0 Å². The molecule has 0 radical (unpaired) electrons. The lowest BCUT2D eigenvalue weighted by Crippen LogP contribution is -2.40. The molecule has 1 aliphatic rings. The highest BCUT2D eigenvalue weighted by atomic mass is 19.1. The first kappa shape index (κ1) is 14.5. The Morgan fingerprint density at radius 1 is 1.37 bits per heavy atom. The molecule has 1 aromatic rings. The highest BCUT2D eigenvalue weighted by Gasteiger charge is 2.23. The maximum atomic E-state index is 12.9. The smallest absolute Gasteiger partial charge is 0.123 e. The van der Waals surface area contributed by atoms with E-state index < -0.39 is 0 Å². The molecule has 1 heterocycles. The summed E-state index contributed by atoms with van der Waals surface area (Å²) in [6, 6.07) is 7.52. The third-order valence-corrected chi connectivity index (χ3v) is 3.83. The van der Waals surface area contributed by atoms with Crippen molar-refractivity contribution in [1.29, 1.82) is 0 Å². The van der Waals surface area contributed by atoms with E-state index in [-0.39, 0.29) is 11.9 Å². The summed E-state index contributed by atoms with van der Waals surface area (Å²) in [6.07, 6.45) is 4.86. The van der Waals surface area contributed by atoms with E-state index in [1.54, 1.807) is 0 Å². The molecule has 0 bridgehead atoms. The van der Waals surface area contributed by atoms with Crippen LogP contribution in [0.3, 0.4) is 0 Å². The molecule has 1 aromatic carbocycles. The van der Waals surface area contributed by atoms with Crippen LogP contribution in [0.4, 0.5) is 4.39 Å². The molecule has 3 atom stereocenters. The minimum Gasteiger partial charge on any atom is -0.378 e. The Hall–Kier alpha value is -0.930. The zero-order valence-electron chi connectivity index (χ0n) is 11.9. The van der Waals surface area contributed by atoms with Gasteiger partial charge in [-0.3, -0.25) is 0 Å². The van der Waals surface area contributed by atoms with Gasteiger partial charge in [0.2, 0.25) is 0 Å².